The van der Waals surface area contributed by atoms with Gasteiger partial charge in [0.15, 0.2) is 0 Å². The highest BCUT2D eigenvalue weighted by Crippen LogP contribution is 2.22. The number of nitrogens with zero attached hydrogens (tertiary/aromatic N) is 2. The number of imidazole rings is 1. The molecule has 2 aromatic rings. The number of hydrogen-bond donors (Lipinski definition) is 1. The van der Waals surface area contributed by atoms with E-state index in [1.807, 2.05) is 14.1 Å². The van der Waals surface area contributed by atoms with E-state index in [1.165, 1.54) is 12.1 Å². The molecule has 1 atom stereocenters. The van der Waals surface area contributed by atoms with Crippen molar-refractivity contribution in [1.29, 1.82) is 0 Å². The molecule has 0 aliphatic heterocycles. The minimum absolute atomic E-state index is 0.236. The summed E-state index contributed by atoms with van der Waals surface area (Å²) in [4.78, 5) is 9.76. The van der Waals surface area contributed by atoms with Gasteiger partial charge in [0.1, 0.15) is 11.6 Å². The molecule has 1 aromatic carbocycles. The van der Waals surface area contributed by atoms with Gasteiger partial charge in [-0.15, -0.1) is 0 Å². The van der Waals surface area contributed by atoms with Crippen LogP contribution < -0.4 is 0 Å². The predicted octanol–water partition coefficient (Wildman–Crippen LogP) is 2.71. The number of nitrogens with one attached hydrogen (secondary N) is 1. The Bertz CT molecular complexity index is 490. The van der Waals surface area contributed by atoms with Gasteiger partial charge in [-0.1, -0.05) is 6.92 Å². The zero-order valence-electron chi connectivity index (χ0n) is 9.79. The molecule has 0 aliphatic rings. The second kappa shape index (κ2) is 4.22. The van der Waals surface area contributed by atoms with Crippen molar-refractivity contribution in [1.82, 2.24) is 14.9 Å². The predicted molar refractivity (Wildman–Crippen MR) is 62.8 cm³/mol. The summed E-state index contributed by atoms with van der Waals surface area (Å²) in [7, 11) is 4.03. The number of aromatic amines is 1. The lowest BCUT2D eigenvalue weighted by Crippen LogP contribution is -2.20. The molecule has 1 aromatic heterocycles. The van der Waals surface area contributed by atoms with Gasteiger partial charge in [0.05, 0.1) is 17.1 Å². The third-order valence-electron chi connectivity index (χ3n) is 2.79. The Labute approximate surface area is 94.3 Å². The largest absolute Gasteiger partial charge is 0.341 e. The molecule has 1 unspecified atom stereocenters. The second-order valence-electron chi connectivity index (χ2n) is 4.17. The minimum atomic E-state index is -0.236. The van der Waals surface area contributed by atoms with Crippen LogP contribution in [0.3, 0.4) is 0 Å². The van der Waals surface area contributed by atoms with E-state index in [9.17, 15) is 4.39 Å². The maximum atomic E-state index is 13.0. The summed E-state index contributed by atoms with van der Waals surface area (Å²) in [6.45, 7) is 2.11. The van der Waals surface area contributed by atoms with Crippen LogP contribution in [0.25, 0.3) is 11.0 Å². The van der Waals surface area contributed by atoms with Crippen LogP contribution in [0.15, 0.2) is 18.2 Å². The summed E-state index contributed by atoms with van der Waals surface area (Å²) in [5, 5.41) is 0. The molecule has 0 radical (unpaired) electrons. The van der Waals surface area contributed by atoms with Gasteiger partial charge in [0, 0.05) is 0 Å². The summed E-state index contributed by atoms with van der Waals surface area (Å²) in [6.07, 6.45) is 0.968. The molecule has 0 saturated carbocycles. The van der Waals surface area contributed by atoms with E-state index >= 15 is 0 Å². The first-order valence-corrected chi connectivity index (χ1v) is 5.43. The van der Waals surface area contributed by atoms with Crippen LogP contribution in [0.4, 0.5) is 4.39 Å². The molecule has 0 bridgehead atoms. The van der Waals surface area contributed by atoms with Crippen molar-refractivity contribution in [3.8, 4) is 0 Å². The van der Waals surface area contributed by atoms with Crippen molar-refractivity contribution in [2.24, 2.45) is 0 Å². The average molecular weight is 221 g/mol. The summed E-state index contributed by atoms with van der Waals surface area (Å²) in [6, 6.07) is 4.86. The van der Waals surface area contributed by atoms with Crippen LogP contribution in [0.1, 0.15) is 25.2 Å². The van der Waals surface area contributed by atoms with Crippen LogP contribution in [0, 0.1) is 5.82 Å². The van der Waals surface area contributed by atoms with Gasteiger partial charge < -0.3 is 4.98 Å². The number of fused-ring (bicyclic) bond motifs is 1. The minimum Gasteiger partial charge on any atom is -0.341 e. The third-order valence-corrected chi connectivity index (χ3v) is 2.79. The fraction of sp³-hybridized carbons (Fsp3) is 0.417. The van der Waals surface area contributed by atoms with Gasteiger partial charge in [-0.3, -0.25) is 4.90 Å². The fourth-order valence-electron chi connectivity index (χ4n) is 1.96. The molecule has 1 heterocycles. The first-order valence-electron chi connectivity index (χ1n) is 5.43. The molecule has 4 heteroatoms. The number of benzene rings is 1. The third kappa shape index (κ3) is 1.93. The maximum absolute atomic E-state index is 13.0. The molecule has 0 saturated heterocycles. The molecule has 0 aliphatic carbocycles. The Morgan fingerprint density at radius 1 is 1.44 bits per heavy atom. The van der Waals surface area contributed by atoms with Crippen LogP contribution in [0.2, 0.25) is 0 Å². The van der Waals surface area contributed by atoms with E-state index in [-0.39, 0.29) is 11.9 Å². The number of aromatic nitrogens is 2. The van der Waals surface area contributed by atoms with Crippen molar-refractivity contribution in [3.05, 3.63) is 29.8 Å². The Balaban J connectivity index is 2.45. The Morgan fingerprint density at radius 2 is 2.19 bits per heavy atom. The lowest BCUT2D eigenvalue weighted by atomic mass is 10.2. The van der Waals surface area contributed by atoms with Crippen molar-refractivity contribution in [2.75, 3.05) is 14.1 Å². The topological polar surface area (TPSA) is 31.9 Å². The molecule has 1 N–H and O–H groups in total. The normalized spacial score (nSPS) is 13.6. The van der Waals surface area contributed by atoms with Crippen LogP contribution in [0.5, 0.6) is 0 Å². The quantitative estimate of drug-likeness (QED) is 0.864. The smallest absolute Gasteiger partial charge is 0.125 e. The molecular weight excluding hydrogens is 205 g/mol. The van der Waals surface area contributed by atoms with Crippen molar-refractivity contribution < 1.29 is 4.39 Å². The highest BCUT2D eigenvalue weighted by atomic mass is 19.1. The first kappa shape index (κ1) is 11.1. The summed E-state index contributed by atoms with van der Waals surface area (Å²) in [5.74, 6) is 0.661. The molecule has 3 nitrogen and oxygen atoms in total. The zero-order chi connectivity index (χ0) is 11.7. The maximum Gasteiger partial charge on any atom is 0.125 e. The van der Waals surface area contributed by atoms with E-state index in [0.29, 0.717) is 0 Å². The molecule has 0 amide bonds. The van der Waals surface area contributed by atoms with Gasteiger partial charge in [-0.2, -0.15) is 0 Å². The van der Waals surface area contributed by atoms with Crippen LogP contribution >= 0.6 is 0 Å². The number of H-pyrrole nitrogens is 1. The molecule has 16 heavy (non-hydrogen) atoms. The van der Waals surface area contributed by atoms with E-state index in [4.69, 9.17) is 0 Å². The van der Waals surface area contributed by atoms with Gasteiger partial charge in [0.25, 0.3) is 0 Å². The molecule has 2 rings (SSSR count). The second-order valence-corrected chi connectivity index (χ2v) is 4.17. The van der Waals surface area contributed by atoms with Gasteiger partial charge in [0.2, 0.25) is 0 Å². The summed E-state index contributed by atoms with van der Waals surface area (Å²) < 4.78 is 13.0. The number of rotatable bonds is 3. The Kier molecular flexibility index (Phi) is 2.92. The van der Waals surface area contributed by atoms with E-state index in [1.54, 1.807) is 6.07 Å². The zero-order valence-corrected chi connectivity index (χ0v) is 9.79. The molecule has 0 spiro atoms. The van der Waals surface area contributed by atoms with Crippen molar-refractivity contribution in [3.63, 3.8) is 0 Å². The highest BCUT2D eigenvalue weighted by Gasteiger charge is 2.15. The van der Waals surface area contributed by atoms with Crippen LogP contribution in [-0.2, 0) is 0 Å². The van der Waals surface area contributed by atoms with E-state index < -0.39 is 0 Å². The standard InChI is InChI=1S/C12H16FN3/c1-4-11(16(2)3)12-14-9-6-5-8(13)7-10(9)15-12/h5-7,11H,4H2,1-3H3,(H,14,15). The lowest BCUT2D eigenvalue weighted by molar-refractivity contribution is 0.282. The number of hydrogen-bond acceptors (Lipinski definition) is 2. The Hall–Kier alpha value is -1.42. The molecule has 0 fully saturated rings. The van der Waals surface area contributed by atoms with E-state index in [2.05, 4.69) is 21.8 Å². The number of halogens is 1. The van der Waals surface area contributed by atoms with Gasteiger partial charge >= 0.3 is 0 Å². The highest BCUT2D eigenvalue weighted by molar-refractivity contribution is 5.75. The van der Waals surface area contributed by atoms with Crippen molar-refractivity contribution in [2.45, 2.75) is 19.4 Å². The lowest BCUT2D eigenvalue weighted by Gasteiger charge is -2.20. The van der Waals surface area contributed by atoms with Crippen molar-refractivity contribution >= 4 is 11.0 Å². The molecule has 86 valence electrons. The summed E-state index contributed by atoms with van der Waals surface area (Å²) >= 11 is 0. The first-order chi connectivity index (χ1) is 7.61. The fourth-order valence-corrected chi connectivity index (χ4v) is 1.96. The molecular formula is C12H16FN3. The van der Waals surface area contributed by atoms with E-state index in [0.717, 1.165) is 23.3 Å². The summed E-state index contributed by atoms with van der Waals surface area (Å²) in [5.41, 5.74) is 1.58. The van der Waals surface area contributed by atoms with Gasteiger partial charge in [-0.05, 0) is 38.7 Å². The SMILES string of the molecule is CCC(c1nc2ccc(F)cc2[nH]1)N(C)C. The van der Waals surface area contributed by atoms with Crippen LogP contribution in [-0.4, -0.2) is 29.0 Å². The monoisotopic (exact) mass is 221 g/mol. The van der Waals surface area contributed by atoms with Gasteiger partial charge in [-0.25, -0.2) is 9.37 Å². The Morgan fingerprint density at radius 3 is 2.81 bits per heavy atom. The average Bonchev–Trinajstić information content (AvgIpc) is 2.60.